The summed E-state index contributed by atoms with van der Waals surface area (Å²) in [5.74, 6) is -0.635. The average molecular weight is 503 g/mol. The number of anilines is 1. The van der Waals surface area contributed by atoms with E-state index in [0.717, 1.165) is 5.56 Å². The van der Waals surface area contributed by atoms with Crippen LogP contribution in [0.25, 0.3) is 0 Å². The summed E-state index contributed by atoms with van der Waals surface area (Å²) in [6, 6.07) is 21.7. The van der Waals surface area contributed by atoms with Crippen LogP contribution in [0.15, 0.2) is 77.9 Å². The maximum Gasteiger partial charge on any atom is 0.329 e. The monoisotopic (exact) mass is 502 g/mol. The third kappa shape index (κ3) is 8.50. The maximum absolute atomic E-state index is 12.3. The number of nitrogens with one attached hydrogen (secondary N) is 3. The van der Waals surface area contributed by atoms with E-state index < -0.39 is 11.8 Å². The minimum absolute atomic E-state index is 0.225. The van der Waals surface area contributed by atoms with Crippen molar-refractivity contribution >= 4 is 29.6 Å². The molecule has 9 heteroatoms. The van der Waals surface area contributed by atoms with Gasteiger partial charge in [0.15, 0.2) is 6.61 Å². The molecule has 0 saturated heterocycles. The highest BCUT2D eigenvalue weighted by molar-refractivity contribution is 6.35. The Morgan fingerprint density at radius 3 is 2.43 bits per heavy atom. The normalized spacial score (nSPS) is 10.7. The molecular weight excluding hydrogens is 472 g/mol. The number of ether oxygens (including phenoxy) is 2. The van der Waals surface area contributed by atoms with Gasteiger partial charge in [-0.05, 0) is 41.3 Å². The first-order valence-electron chi connectivity index (χ1n) is 11.7. The number of rotatable bonds is 10. The predicted molar refractivity (Wildman–Crippen MR) is 142 cm³/mol. The van der Waals surface area contributed by atoms with Gasteiger partial charge < -0.3 is 20.1 Å². The molecule has 3 rings (SSSR count). The topological polar surface area (TPSA) is 118 Å². The third-order valence-electron chi connectivity index (χ3n) is 5.31. The number of methoxy groups -OCH3 is 1. The van der Waals surface area contributed by atoms with E-state index in [2.05, 4.69) is 35.0 Å². The molecule has 3 amide bonds. The molecule has 0 aliphatic heterocycles. The van der Waals surface area contributed by atoms with E-state index in [1.165, 1.54) is 11.8 Å². The fourth-order valence-corrected chi connectivity index (χ4v) is 3.25. The minimum atomic E-state index is -0.897. The molecule has 0 bridgehead atoms. The largest absolute Gasteiger partial charge is 0.497 e. The Hall–Kier alpha value is -4.66. The number of para-hydroxylation sites is 1. The fraction of sp³-hybridized carbons (Fsp3) is 0.214. The molecule has 3 aromatic carbocycles. The maximum atomic E-state index is 12.3. The van der Waals surface area contributed by atoms with Gasteiger partial charge in [-0.1, -0.05) is 56.3 Å². The summed E-state index contributed by atoms with van der Waals surface area (Å²) in [5, 5.41) is 9.14. The van der Waals surface area contributed by atoms with Crippen LogP contribution in [0.4, 0.5) is 5.69 Å². The lowest BCUT2D eigenvalue weighted by Gasteiger charge is -2.10. The summed E-state index contributed by atoms with van der Waals surface area (Å²) in [6.07, 6.45) is 1.34. The van der Waals surface area contributed by atoms with Gasteiger partial charge in [0.1, 0.15) is 11.5 Å². The molecule has 37 heavy (non-hydrogen) atoms. The first-order valence-corrected chi connectivity index (χ1v) is 11.7. The molecule has 0 spiro atoms. The number of benzene rings is 3. The minimum Gasteiger partial charge on any atom is -0.497 e. The molecule has 0 aromatic heterocycles. The predicted octanol–water partition coefficient (Wildman–Crippen LogP) is 3.60. The molecule has 0 fully saturated rings. The van der Waals surface area contributed by atoms with E-state index in [0.29, 0.717) is 28.7 Å². The Morgan fingerprint density at radius 1 is 0.946 bits per heavy atom. The highest BCUT2D eigenvalue weighted by atomic mass is 16.5. The first-order chi connectivity index (χ1) is 17.9. The van der Waals surface area contributed by atoms with Gasteiger partial charge in [0, 0.05) is 23.9 Å². The van der Waals surface area contributed by atoms with Crippen LogP contribution in [0.3, 0.4) is 0 Å². The molecule has 3 N–H and O–H groups in total. The molecule has 9 nitrogen and oxygen atoms in total. The summed E-state index contributed by atoms with van der Waals surface area (Å²) in [5.41, 5.74) is 5.38. The zero-order valence-corrected chi connectivity index (χ0v) is 21.0. The van der Waals surface area contributed by atoms with Crippen molar-refractivity contribution in [2.75, 3.05) is 19.0 Å². The molecule has 0 radical (unpaired) electrons. The van der Waals surface area contributed by atoms with Crippen molar-refractivity contribution < 1.29 is 23.9 Å². The quantitative estimate of drug-likeness (QED) is 0.222. The fourth-order valence-electron chi connectivity index (χ4n) is 3.25. The van der Waals surface area contributed by atoms with E-state index >= 15 is 0 Å². The zero-order valence-electron chi connectivity index (χ0n) is 21.0. The van der Waals surface area contributed by atoms with Gasteiger partial charge in [-0.15, -0.1) is 0 Å². The van der Waals surface area contributed by atoms with E-state index in [-0.39, 0.29) is 19.1 Å². The summed E-state index contributed by atoms with van der Waals surface area (Å²) < 4.78 is 10.8. The van der Waals surface area contributed by atoms with E-state index in [9.17, 15) is 14.4 Å². The van der Waals surface area contributed by atoms with Crippen LogP contribution >= 0.6 is 0 Å². The zero-order chi connectivity index (χ0) is 26.6. The van der Waals surface area contributed by atoms with Crippen molar-refractivity contribution in [2.24, 2.45) is 5.10 Å². The number of hydrogen-bond donors (Lipinski definition) is 3. The molecule has 0 aliphatic rings. The number of carbonyl (C=O) groups excluding carboxylic acids is 3. The standard InChI is InChI=1S/C28H30N4O5/c1-19(2)21-13-11-20(12-14-21)16-29-27(34)28(35)32-30-17-22-7-4-5-10-25(22)37-18-26(33)31-23-8-6-9-24(15-23)36-3/h4-15,17,19H,16,18H2,1-3H3,(H,29,34)(H,31,33)(H,32,35)/b30-17-. The summed E-state index contributed by atoms with van der Waals surface area (Å²) >= 11 is 0. The van der Waals surface area contributed by atoms with Crippen molar-refractivity contribution in [3.8, 4) is 11.5 Å². The Morgan fingerprint density at radius 2 is 1.70 bits per heavy atom. The average Bonchev–Trinajstić information content (AvgIpc) is 2.91. The van der Waals surface area contributed by atoms with Gasteiger partial charge in [0.25, 0.3) is 5.91 Å². The first kappa shape index (κ1) is 26.9. The van der Waals surface area contributed by atoms with Crippen LogP contribution in [0.2, 0.25) is 0 Å². The number of hydrogen-bond acceptors (Lipinski definition) is 6. The van der Waals surface area contributed by atoms with Gasteiger partial charge in [-0.3, -0.25) is 14.4 Å². The van der Waals surface area contributed by atoms with Gasteiger partial charge in [0.05, 0.1) is 13.3 Å². The van der Waals surface area contributed by atoms with Crippen LogP contribution in [0.5, 0.6) is 11.5 Å². The van der Waals surface area contributed by atoms with Crippen molar-refractivity contribution in [1.29, 1.82) is 0 Å². The molecular formula is C28H30N4O5. The second-order valence-electron chi connectivity index (χ2n) is 8.38. The molecule has 0 aliphatic carbocycles. The number of amides is 3. The molecule has 0 heterocycles. The second-order valence-corrected chi connectivity index (χ2v) is 8.38. The Kier molecular flexibility index (Phi) is 9.78. The number of nitrogens with zero attached hydrogens (tertiary/aromatic N) is 1. The van der Waals surface area contributed by atoms with Crippen molar-refractivity contribution in [2.45, 2.75) is 26.3 Å². The van der Waals surface area contributed by atoms with Gasteiger partial charge in [-0.25, -0.2) is 5.43 Å². The lowest BCUT2D eigenvalue weighted by Crippen LogP contribution is -2.37. The molecule has 0 atom stereocenters. The van der Waals surface area contributed by atoms with Gasteiger partial charge >= 0.3 is 11.8 Å². The number of hydrazone groups is 1. The van der Waals surface area contributed by atoms with Crippen LogP contribution in [0, 0.1) is 0 Å². The van der Waals surface area contributed by atoms with Gasteiger partial charge in [-0.2, -0.15) is 5.10 Å². The van der Waals surface area contributed by atoms with E-state index in [1.54, 1.807) is 55.6 Å². The molecule has 192 valence electrons. The van der Waals surface area contributed by atoms with E-state index in [4.69, 9.17) is 9.47 Å². The lowest BCUT2D eigenvalue weighted by atomic mass is 10.0. The summed E-state index contributed by atoms with van der Waals surface area (Å²) in [6.45, 7) is 4.19. The molecule has 3 aromatic rings. The Labute approximate surface area is 215 Å². The molecule has 0 saturated carbocycles. The van der Waals surface area contributed by atoms with Crippen LogP contribution in [0.1, 0.15) is 36.5 Å². The lowest BCUT2D eigenvalue weighted by molar-refractivity contribution is -0.139. The van der Waals surface area contributed by atoms with Crippen molar-refractivity contribution in [3.05, 3.63) is 89.5 Å². The van der Waals surface area contributed by atoms with Crippen molar-refractivity contribution in [3.63, 3.8) is 0 Å². The smallest absolute Gasteiger partial charge is 0.329 e. The van der Waals surface area contributed by atoms with E-state index in [1.807, 2.05) is 24.3 Å². The molecule has 0 unspecified atom stereocenters. The van der Waals surface area contributed by atoms with Crippen LogP contribution < -0.4 is 25.5 Å². The SMILES string of the molecule is COc1cccc(NC(=O)COc2ccccc2/C=N\NC(=O)C(=O)NCc2ccc(C(C)C)cc2)c1. The summed E-state index contributed by atoms with van der Waals surface area (Å²) in [4.78, 5) is 36.5. The Balaban J connectivity index is 1.48. The summed E-state index contributed by atoms with van der Waals surface area (Å²) in [7, 11) is 1.55. The van der Waals surface area contributed by atoms with Crippen LogP contribution in [-0.2, 0) is 20.9 Å². The van der Waals surface area contributed by atoms with Crippen molar-refractivity contribution in [1.82, 2.24) is 10.7 Å². The second kappa shape index (κ2) is 13.4. The Bertz CT molecular complexity index is 1260. The van der Waals surface area contributed by atoms with Gasteiger partial charge in [0.2, 0.25) is 0 Å². The third-order valence-corrected chi connectivity index (χ3v) is 5.31. The van der Waals surface area contributed by atoms with Crippen LogP contribution in [-0.4, -0.2) is 37.7 Å². The highest BCUT2D eigenvalue weighted by Crippen LogP contribution is 2.18. The highest BCUT2D eigenvalue weighted by Gasteiger charge is 2.12. The number of carbonyl (C=O) groups is 3.